The van der Waals surface area contributed by atoms with E-state index in [4.69, 9.17) is 16.2 Å². The Labute approximate surface area is 158 Å². The van der Waals surface area contributed by atoms with Gasteiger partial charge in [-0.25, -0.2) is 4.98 Å². The molecule has 0 radical (unpaired) electrons. The molecule has 0 fully saturated rings. The van der Waals surface area contributed by atoms with Crippen LogP contribution < -0.4 is 16.2 Å². The number of aromatic nitrogens is 2. The zero-order valence-corrected chi connectivity index (χ0v) is 14.4. The van der Waals surface area contributed by atoms with Crippen molar-refractivity contribution < 1.29 is 17.9 Å². The smallest absolute Gasteiger partial charge is 0.416 e. The fraction of sp³-hybridized carbons (Fsp3) is 0.105. The molecule has 0 saturated heterocycles. The maximum absolute atomic E-state index is 12.9. The number of hydrogen-bond donors (Lipinski definition) is 2. The molecule has 4 N–H and O–H groups in total. The lowest BCUT2D eigenvalue weighted by Gasteiger charge is -2.14. The molecule has 1 heterocycles. The van der Waals surface area contributed by atoms with Crippen LogP contribution in [-0.4, -0.2) is 9.97 Å². The highest BCUT2D eigenvalue weighted by molar-refractivity contribution is 5.77. The van der Waals surface area contributed by atoms with Crippen LogP contribution in [0.25, 0.3) is 11.3 Å². The van der Waals surface area contributed by atoms with Gasteiger partial charge in [-0.3, -0.25) is 0 Å². The molecule has 0 aliphatic heterocycles. The van der Waals surface area contributed by atoms with E-state index in [1.807, 2.05) is 6.07 Å². The Kier molecular flexibility index (Phi) is 5.04. The first-order valence-corrected chi connectivity index (χ1v) is 8.01. The van der Waals surface area contributed by atoms with Gasteiger partial charge < -0.3 is 16.2 Å². The predicted octanol–water partition coefficient (Wildman–Crippen LogP) is 3.78. The van der Waals surface area contributed by atoms with Crippen LogP contribution in [0.2, 0.25) is 0 Å². The first kappa shape index (κ1) is 19.0. The minimum Gasteiger partial charge on any atom is -0.488 e. The summed E-state index contributed by atoms with van der Waals surface area (Å²) < 4.78 is 44.3. The summed E-state index contributed by atoms with van der Waals surface area (Å²) in [4.78, 5) is 7.83. The molecule has 0 aliphatic rings. The lowest BCUT2D eigenvalue weighted by atomic mass is 10.1. The number of nitrogens with zero attached hydrogens (tertiary/aromatic N) is 3. The maximum atomic E-state index is 12.9. The molecule has 0 unspecified atom stereocenters. The molecule has 0 spiro atoms. The number of benzene rings is 2. The molecule has 142 valence electrons. The summed E-state index contributed by atoms with van der Waals surface area (Å²) in [6.45, 7) is -0.112. The second kappa shape index (κ2) is 7.44. The topological polar surface area (TPSA) is 111 Å². The van der Waals surface area contributed by atoms with Gasteiger partial charge in [0, 0.05) is 5.56 Å². The summed E-state index contributed by atoms with van der Waals surface area (Å²) in [6, 6.07) is 13.4. The summed E-state index contributed by atoms with van der Waals surface area (Å²) in [6.07, 6.45) is -4.44. The molecular weight excluding hydrogens is 371 g/mol. The second-order valence-corrected chi connectivity index (χ2v) is 5.79. The van der Waals surface area contributed by atoms with Crippen LogP contribution in [0.4, 0.5) is 24.9 Å². The monoisotopic (exact) mass is 385 g/mol. The fourth-order valence-corrected chi connectivity index (χ4v) is 2.59. The first-order chi connectivity index (χ1) is 13.3. The SMILES string of the molecule is N#Cc1c(N)nc(N)nc1-c1ccccc1OCc1cccc(C(F)(F)F)c1. The molecular formula is C19H14F3N5O. The van der Waals surface area contributed by atoms with E-state index < -0.39 is 11.7 Å². The molecule has 3 aromatic rings. The van der Waals surface area contributed by atoms with E-state index in [9.17, 15) is 18.4 Å². The number of para-hydroxylation sites is 1. The van der Waals surface area contributed by atoms with Crippen LogP contribution in [0.15, 0.2) is 48.5 Å². The standard InChI is InChI=1S/C19H14F3N5O/c20-19(21,22)12-5-3-4-11(8-12)10-28-15-7-2-1-6-13(15)16-14(9-23)17(24)27-18(25)26-16/h1-8H,10H2,(H4,24,25,26,27). The van der Waals surface area contributed by atoms with Crippen molar-refractivity contribution in [2.75, 3.05) is 11.5 Å². The summed E-state index contributed by atoms with van der Waals surface area (Å²) in [5, 5.41) is 9.36. The Morgan fingerprint density at radius 2 is 1.79 bits per heavy atom. The summed E-state index contributed by atoms with van der Waals surface area (Å²) in [5.74, 6) is 0.130. The zero-order valence-electron chi connectivity index (χ0n) is 14.4. The van der Waals surface area contributed by atoms with Crippen LogP contribution in [-0.2, 0) is 12.8 Å². The number of hydrogen-bond acceptors (Lipinski definition) is 6. The van der Waals surface area contributed by atoms with E-state index in [1.165, 1.54) is 12.1 Å². The maximum Gasteiger partial charge on any atom is 0.416 e. The van der Waals surface area contributed by atoms with Gasteiger partial charge in [0.15, 0.2) is 0 Å². The van der Waals surface area contributed by atoms with Gasteiger partial charge in [0.2, 0.25) is 5.95 Å². The van der Waals surface area contributed by atoms with Crippen LogP contribution in [0.5, 0.6) is 5.75 Å². The third-order valence-electron chi connectivity index (χ3n) is 3.86. The van der Waals surface area contributed by atoms with E-state index in [0.717, 1.165) is 12.1 Å². The largest absolute Gasteiger partial charge is 0.488 e. The summed E-state index contributed by atoms with van der Waals surface area (Å²) in [5.41, 5.74) is 11.6. The highest BCUT2D eigenvalue weighted by Gasteiger charge is 2.30. The average Bonchev–Trinajstić information content (AvgIpc) is 2.65. The lowest BCUT2D eigenvalue weighted by molar-refractivity contribution is -0.137. The third-order valence-corrected chi connectivity index (χ3v) is 3.86. The van der Waals surface area contributed by atoms with Gasteiger partial charge >= 0.3 is 6.18 Å². The molecule has 3 rings (SSSR count). The van der Waals surface area contributed by atoms with Crippen LogP contribution in [0.3, 0.4) is 0 Å². The van der Waals surface area contributed by atoms with Crippen molar-refractivity contribution in [2.45, 2.75) is 12.8 Å². The Hall–Kier alpha value is -3.80. The summed E-state index contributed by atoms with van der Waals surface area (Å²) >= 11 is 0. The Morgan fingerprint density at radius 1 is 1.04 bits per heavy atom. The average molecular weight is 385 g/mol. The molecule has 6 nitrogen and oxygen atoms in total. The van der Waals surface area contributed by atoms with Gasteiger partial charge in [-0.05, 0) is 29.8 Å². The van der Waals surface area contributed by atoms with Crippen molar-refractivity contribution in [3.05, 3.63) is 65.2 Å². The highest BCUT2D eigenvalue weighted by Crippen LogP contribution is 2.34. The van der Waals surface area contributed by atoms with Crippen LogP contribution in [0, 0.1) is 11.3 Å². The van der Waals surface area contributed by atoms with Crippen LogP contribution >= 0.6 is 0 Å². The first-order valence-electron chi connectivity index (χ1n) is 8.01. The minimum atomic E-state index is -4.44. The zero-order chi connectivity index (χ0) is 20.3. The molecule has 0 aliphatic carbocycles. The van der Waals surface area contributed by atoms with E-state index in [1.54, 1.807) is 24.3 Å². The molecule has 0 bridgehead atoms. The molecule has 0 saturated carbocycles. The highest BCUT2D eigenvalue weighted by atomic mass is 19.4. The van der Waals surface area contributed by atoms with Crippen molar-refractivity contribution in [3.63, 3.8) is 0 Å². The van der Waals surface area contributed by atoms with Crippen LogP contribution in [0.1, 0.15) is 16.7 Å². The second-order valence-electron chi connectivity index (χ2n) is 5.79. The normalized spacial score (nSPS) is 11.1. The van der Waals surface area contributed by atoms with Crippen molar-refractivity contribution >= 4 is 11.8 Å². The number of nitriles is 1. The predicted molar refractivity (Wildman–Crippen MR) is 96.8 cm³/mol. The number of rotatable bonds is 4. The number of anilines is 2. The van der Waals surface area contributed by atoms with E-state index in [-0.39, 0.29) is 29.6 Å². The molecule has 28 heavy (non-hydrogen) atoms. The summed E-state index contributed by atoms with van der Waals surface area (Å²) in [7, 11) is 0. The molecule has 2 aromatic carbocycles. The fourth-order valence-electron chi connectivity index (χ4n) is 2.59. The van der Waals surface area contributed by atoms with Gasteiger partial charge in [0.25, 0.3) is 0 Å². The number of halogens is 3. The van der Waals surface area contributed by atoms with Gasteiger partial charge in [0.05, 0.1) is 11.3 Å². The van der Waals surface area contributed by atoms with E-state index in [2.05, 4.69) is 9.97 Å². The lowest BCUT2D eigenvalue weighted by Crippen LogP contribution is -2.07. The van der Waals surface area contributed by atoms with Crippen molar-refractivity contribution in [1.29, 1.82) is 5.26 Å². The van der Waals surface area contributed by atoms with Crippen molar-refractivity contribution in [1.82, 2.24) is 9.97 Å². The quantitative estimate of drug-likeness (QED) is 0.707. The third kappa shape index (κ3) is 3.96. The molecule has 0 atom stereocenters. The minimum absolute atomic E-state index is 0.0318. The number of nitrogen functional groups attached to an aromatic ring is 2. The van der Waals surface area contributed by atoms with E-state index in [0.29, 0.717) is 16.9 Å². The molecule has 9 heteroatoms. The van der Waals surface area contributed by atoms with Crippen molar-refractivity contribution in [2.24, 2.45) is 0 Å². The number of nitrogens with two attached hydrogens (primary N) is 2. The van der Waals surface area contributed by atoms with E-state index >= 15 is 0 Å². The Bertz CT molecular complexity index is 1060. The van der Waals surface area contributed by atoms with Gasteiger partial charge in [0.1, 0.15) is 29.8 Å². The van der Waals surface area contributed by atoms with Crippen molar-refractivity contribution in [3.8, 4) is 23.1 Å². The Morgan fingerprint density at radius 3 is 2.50 bits per heavy atom. The number of alkyl halides is 3. The molecule has 0 amide bonds. The Balaban J connectivity index is 1.94. The van der Waals surface area contributed by atoms with Gasteiger partial charge in [-0.2, -0.15) is 23.4 Å². The van der Waals surface area contributed by atoms with Gasteiger partial charge in [-0.1, -0.05) is 24.3 Å². The number of ether oxygens (including phenoxy) is 1. The van der Waals surface area contributed by atoms with Gasteiger partial charge in [-0.15, -0.1) is 0 Å². The molecule has 1 aromatic heterocycles.